The smallest absolute Gasteiger partial charge is 0.312 e. The molecule has 0 spiro atoms. The molecule has 0 aliphatic carbocycles. The molecule has 4 rings (SSSR count). The fourth-order valence-corrected chi connectivity index (χ4v) is 4.98. The number of imidazole rings is 1. The highest BCUT2D eigenvalue weighted by atomic mass is 16.5. The van der Waals surface area contributed by atoms with E-state index in [0.29, 0.717) is 6.61 Å². The normalized spacial score (nSPS) is 21.7. The Hall–Kier alpha value is -2.18. The van der Waals surface area contributed by atoms with Crippen LogP contribution in [0.5, 0.6) is 0 Å². The number of piperidine rings is 1. The lowest BCUT2D eigenvalue weighted by atomic mass is 9.73. The largest absolute Gasteiger partial charge is 0.466 e. The molecule has 6 heteroatoms. The first-order chi connectivity index (χ1) is 15.1. The molecule has 0 unspecified atom stereocenters. The molecule has 0 radical (unpaired) electrons. The third kappa shape index (κ3) is 5.18. The van der Waals surface area contributed by atoms with Crippen LogP contribution < -0.4 is 0 Å². The molecule has 2 saturated heterocycles. The van der Waals surface area contributed by atoms with Gasteiger partial charge in [-0.1, -0.05) is 12.1 Å². The summed E-state index contributed by atoms with van der Waals surface area (Å²) < 4.78 is 13.7. The number of rotatable bonds is 7. The maximum absolute atomic E-state index is 13.0. The summed E-state index contributed by atoms with van der Waals surface area (Å²) >= 11 is 0. The van der Waals surface area contributed by atoms with Crippen molar-refractivity contribution in [2.75, 3.05) is 26.3 Å². The summed E-state index contributed by atoms with van der Waals surface area (Å²) in [5.41, 5.74) is 1.96. The van der Waals surface area contributed by atoms with E-state index in [1.54, 1.807) is 0 Å². The highest BCUT2D eigenvalue weighted by Crippen LogP contribution is 2.40. The number of likely N-dealkylation sites (tertiary alicyclic amines) is 1. The van der Waals surface area contributed by atoms with Crippen LogP contribution in [0.1, 0.15) is 56.8 Å². The van der Waals surface area contributed by atoms with E-state index in [9.17, 15) is 4.79 Å². The quantitative estimate of drug-likeness (QED) is 0.620. The molecule has 2 aliphatic heterocycles. The second-order valence-corrected chi connectivity index (χ2v) is 9.02. The van der Waals surface area contributed by atoms with E-state index in [1.807, 2.05) is 19.3 Å². The van der Waals surface area contributed by atoms with Crippen LogP contribution in [0.2, 0.25) is 0 Å². The molecule has 3 heterocycles. The van der Waals surface area contributed by atoms with E-state index >= 15 is 0 Å². The molecule has 1 atom stereocenters. The Bertz CT molecular complexity index is 864. The Balaban J connectivity index is 1.43. The summed E-state index contributed by atoms with van der Waals surface area (Å²) in [4.78, 5) is 20.0. The molecule has 1 aromatic carbocycles. The third-order valence-electron chi connectivity index (χ3n) is 6.78. The molecule has 2 aromatic rings. The van der Waals surface area contributed by atoms with Crippen molar-refractivity contribution in [3.05, 3.63) is 48.0 Å². The van der Waals surface area contributed by atoms with E-state index < -0.39 is 5.41 Å². The fourth-order valence-electron chi connectivity index (χ4n) is 4.98. The maximum atomic E-state index is 13.0. The van der Waals surface area contributed by atoms with Gasteiger partial charge in [-0.2, -0.15) is 0 Å². The topological polar surface area (TPSA) is 56.6 Å². The van der Waals surface area contributed by atoms with Gasteiger partial charge in [-0.15, -0.1) is 0 Å². The molecule has 1 aromatic heterocycles. The molecule has 2 fully saturated rings. The number of carbonyl (C=O) groups excluding carboxylic acids is 1. The fraction of sp³-hybridized carbons (Fsp3) is 0.600. The van der Waals surface area contributed by atoms with E-state index in [0.717, 1.165) is 69.9 Å². The number of benzene rings is 1. The average Bonchev–Trinajstić information content (AvgIpc) is 3.24. The Morgan fingerprint density at radius 1 is 1.29 bits per heavy atom. The predicted octanol–water partition coefficient (Wildman–Crippen LogP) is 4.29. The number of esters is 1. The molecule has 0 amide bonds. The van der Waals surface area contributed by atoms with Crippen LogP contribution in [-0.2, 0) is 20.8 Å². The standard InChI is InChI=1S/C25H35N3O3/c1-3-30-24(29)25(18-22-9-4-5-16-31-22)10-13-27(14-11-25)19-23-26-12-15-28(23)21-8-6-7-20(2)17-21/h6-8,12,15,17,22H,3-5,9-11,13-14,16,18-19H2,1-2H3/t22-/m1/s1. The maximum Gasteiger partial charge on any atom is 0.312 e. The predicted molar refractivity (Wildman–Crippen MR) is 120 cm³/mol. The van der Waals surface area contributed by atoms with Gasteiger partial charge in [0.15, 0.2) is 0 Å². The van der Waals surface area contributed by atoms with Crippen molar-refractivity contribution in [3.63, 3.8) is 0 Å². The second kappa shape index (κ2) is 9.96. The van der Waals surface area contributed by atoms with Gasteiger partial charge >= 0.3 is 5.97 Å². The number of ether oxygens (including phenoxy) is 2. The molecular formula is C25H35N3O3. The monoisotopic (exact) mass is 425 g/mol. The summed E-state index contributed by atoms with van der Waals surface area (Å²) in [6.07, 6.45) is 9.87. The van der Waals surface area contributed by atoms with Crippen LogP contribution in [0, 0.1) is 12.3 Å². The zero-order valence-corrected chi connectivity index (χ0v) is 18.9. The minimum Gasteiger partial charge on any atom is -0.466 e. The Kier molecular flexibility index (Phi) is 7.08. The molecular weight excluding hydrogens is 390 g/mol. The van der Waals surface area contributed by atoms with Crippen molar-refractivity contribution >= 4 is 5.97 Å². The lowest BCUT2D eigenvalue weighted by Crippen LogP contribution is -2.47. The summed E-state index contributed by atoms with van der Waals surface area (Å²) in [6, 6.07) is 8.48. The zero-order chi connectivity index (χ0) is 21.7. The number of hydrogen-bond acceptors (Lipinski definition) is 5. The first kappa shape index (κ1) is 22.0. The lowest BCUT2D eigenvalue weighted by molar-refractivity contribution is -0.162. The number of aryl methyl sites for hydroxylation is 1. The van der Waals surface area contributed by atoms with Gasteiger partial charge in [0.05, 0.1) is 24.7 Å². The van der Waals surface area contributed by atoms with Crippen LogP contribution >= 0.6 is 0 Å². The number of aromatic nitrogens is 2. The summed E-state index contributed by atoms with van der Waals surface area (Å²) in [5, 5.41) is 0. The van der Waals surface area contributed by atoms with Gasteiger partial charge in [0.1, 0.15) is 5.82 Å². The second-order valence-electron chi connectivity index (χ2n) is 9.02. The van der Waals surface area contributed by atoms with E-state index in [2.05, 4.69) is 45.6 Å². The highest BCUT2D eigenvalue weighted by molar-refractivity contribution is 5.77. The molecule has 0 N–H and O–H groups in total. The van der Waals surface area contributed by atoms with Crippen molar-refractivity contribution in [2.24, 2.45) is 5.41 Å². The Labute approximate surface area is 185 Å². The Morgan fingerprint density at radius 2 is 2.13 bits per heavy atom. The van der Waals surface area contributed by atoms with Crippen molar-refractivity contribution in [2.45, 2.75) is 65.0 Å². The summed E-state index contributed by atoms with van der Waals surface area (Å²) in [7, 11) is 0. The first-order valence-electron chi connectivity index (χ1n) is 11.7. The van der Waals surface area contributed by atoms with Gasteiger partial charge in [0.2, 0.25) is 0 Å². The molecule has 168 valence electrons. The summed E-state index contributed by atoms with van der Waals surface area (Å²) in [6.45, 7) is 7.76. The van der Waals surface area contributed by atoms with Gasteiger partial charge in [-0.25, -0.2) is 4.98 Å². The number of carbonyl (C=O) groups is 1. The minimum atomic E-state index is -0.416. The van der Waals surface area contributed by atoms with Gasteiger partial charge in [0.25, 0.3) is 0 Å². The molecule has 0 bridgehead atoms. The van der Waals surface area contributed by atoms with Gasteiger partial charge in [0, 0.05) is 24.7 Å². The van der Waals surface area contributed by atoms with Crippen molar-refractivity contribution < 1.29 is 14.3 Å². The number of hydrogen-bond donors (Lipinski definition) is 0. The van der Waals surface area contributed by atoms with E-state index in [4.69, 9.17) is 9.47 Å². The van der Waals surface area contributed by atoms with Gasteiger partial charge < -0.3 is 14.0 Å². The zero-order valence-electron chi connectivity index (χ0n) is 18.9. The van der Waals surface area contributed by atoms with Crippen LogP contribution in [0.15, 0.2) is 36.7 Å². The van der Waals surface area contributed by atoms with Crippen molar-refractivity contribution in [1.29, 1.82) is 0 Å². The first-order valence-corrected chi connectivity index (χ1v) is 11.7. The van der Waals surface area contributed by atoms with Crippen LogP contribution in [0.4, 0.5) is 0 Å². The molecule has 31 heavy (non-hydrogen) atoms. The van der Waals surface area contributed by atoms with Gasteiger partial charge in [-0.05, 0) is 83.2 Å². The SMILES string of the molecule is CCOC(=O)C1(C[C@H]2CCCCO2)CCN(Cc2nccn2-c2cccc(C)c2)CC1. The lowest BCUT2D eigenvalue weighted by Gasteiger charge is -2.42. The molecule has 6 nitrogen and oxygen atoms in total. The van der Waals surface area contributed by atoms with Gasteiger partial charge in [-0.3, -0.25) is 9.69 Å². The van der Waals surface area contributed by atoms with Crippen molar-refractivity contribution in [3.8, 4) is 5.69 Å². The summed E-state index contributed by atoms with van der Waals surface area (Å²) in [5.74, 6) is 0.995. The minimum absolute atomic E-state index is 0.0370. The van der Waals surface area contributed by atoms with Crippen molar-refractivity contribution in [1.82, 2.24) is 14.5 Å². The highest BCUT2D eigenvalue weighted by Gasteiger charge is 2.44. The van der Waals surface area contributed by atoms with E-state index in [1.165, 1.54) is 12.0 Å². The molecule has 2 aliphatic rings. The van der Waals surface area contributed by atoms with Crippen LogP contribution in [0.25, 0.3) is 5.69 Å². The third-order valence-corrected chi connectivity index (χ3v) is 6.78. The van der Waals surface area contributed by atoms with Crippen LogP contribution in [0.3, 0.4) is 0 Å². The van der Waals surface area contributed by atoms with Crippen LogP contribution in [-0.4, -0.2) is 52.8 Å². The molecule has 0 saturated carbocycles. The number of nitrogens with zero attached hydrogens (tertiary/aromatic N) is 3. The van der Waals surface area contributed by atoms with E-state index in [-0.39, 0.29) is 12.1 Å². The Morgan fingerprint density at radius 3 is 2.84 bits per heavy atom. The average molecular weight is 426 g/mol.